The Morgan fingerprint density at radius 3 is 2.49 bits per heavy atom. The summed E-state index contributed by atoms with van der Waals surface area (Å²) in [5.41, 5.74) is 2.15. The molecule has 7 rings (SSSR count). The first-order valence-corrected chi connectivity index (χ1v) is 11.9. The summed E-state index contributed by atoms with van der Waals surface area (Å²) in [7, 11) is 0. The Morgan fingerprint density at radius 2 is 1.74 bits per heavy atom. The summed E-state index contributed by atoms with van der Waals surface area (Å²) in [5.74, 6) is -1.40. The molecule has 0 saturated heterocycles. The lowest BCUT2D eigenvalue weighted by molar-refractivity contribution is -0.148. The van der Waals surface area contributed by atoms with Crippen molar-refractivity contribution in [3.63, 3.8) is 0 Å². The van der Waals surface area contributed by atoms with E-state index in [1.54, 1.807) is 6.20 Å². The lowest BCUT2D eigenvalue weighted by Gasteiger charge is -2.47. The molecule has 2 heterocycles. The molecular formula is C27H24F2N4O2. The number of hydrogen-bond donors (Lipinski definition) is 3. The lowest BCUT2D eigenvalue weighted by Crippen LogP contribution is -2.51. The maximum absolute atomic E-state index is 14.3. The van der Waals surface area contributed by atoms with Gasteiger partial charge in [0.1, 0.15) is 17.5 Å². The number of benzene rings is 2. The number of nitrogens with zero attached hydrogens (tertiary/aromatic N) is 2. The van der Waals surface area contributed by atoms with Gasteiger partial charge in [-0.05, 0) is 43.6 Å². The first kappa shape index (κ1) is 21.7. The quantitative estimate of drug-likeness (QED) is 0.336. The molecule has 0 unspecified atom stereocenters. The number of nitrogens with one attached hydrogen (secondary N) is 2. The minimum absolute atomic E-state index is 0.157. The highest BCUT2D eigenvalue weighted by Gasteiger charge is 2.47. The van der Waals surface area contributed by atoms with Crippen molar-refractivity contribution in [2.45, 2.75) is 31.7 Å². The highest BCUT2D eigenvalue weighted by molar-refractivity contribution is 5.94. The third-order valence-corrected chi connectivity index (χ3v) is 7.56. The molecule has 2 atom stereocenters. The molecule has 3 aliphatic carbocycles. The normalized spacial score (nSPS) is 23.5. The number of anilines is 1. The summed E-state index contributed by atoms with van der Waals surface area (Å²) in [5, 5.41) is 13.8. The van der Waals surface area contributed by atoms with Gasteiger partial charge in [0.05, 0.1) is 17.1 Å². The molecule has 3 fully saturated rings. The van der Waals surface area contributed by atoms with Crippen molar-refractivity contribution in [3.05, 3.63) is 66.4 Å². The first-order valence-electron chi connectivity index (χ1n) is 11.9. The van der Waals surface area contributed by atoms with E-state index >= 15 is 0 Å². The molecule has 0 spiro atoms. The van der Waals surface area contributed by atoms with E-state index in [4.69, 9.17) is 9.97 Å². The molecule has 0 amide bonds. The monoisotopic (exact) mass is 474 g/mol. The number of carboxylic acid groups (broad SMARTS) is 1. The molecule has 2 aromatic heterocycles. The summed E-state index contributed by atoms with van der Waals surface area (Å²) in [6.45, 7) is 0. The van der Waals surface area contributed by atoms with Crippen molar-refractivity contribution < 1.29 is 18.7 Å². The number of H-pyrrole nitrogens is 1. The molecule has 0 radical (unpaired) electrons. The standard InChI is InChI=1S/C27H24F2N4O2/c28-17-10-18-19(13-30-25(18)20(29)11-17)26-31-21(14-4-2-1-3-5-14)12-22(33-26)32-24-16-8-6-15(7-9-16)23(24)27(34)35/h1-5,10-13,15-16,23-24,30H,6-9H2,(H,34,35)(H,31,32,33)/t15?,16?,23-,24-/m0/s1. The van der Waals surface area contributed by atoms with E-state index in [1.807, 2.05) is 36.4 Å². The highest BCUT2D eigenvalue weighted by atomic mass is 19.1. The summed E-state index contributed by atoms with van der Waals surface area (Å²) < 4.78 is 28.4. The maximum Gasteiger partial charge on any atom is 0.308 e. The van der Waals surface area contributed by atoms with Gasteiger partial charge in [-0.25, -0.2) is 18.7 Å². The van der Waals surface area contributed by atoms with Gasteiger partial charge in [-0.2, -0.15) is 0 Å². The van der Waals surface area contributed by atoms with Gasteiger partial charge in [0, 0.05) is 40.9 Å². The van der Waals surface area contributed by atoms with Crippen LogP contribution in [0.5, 0.6) is 0 Å². The van der Waals surface area contributed by atoms with E-state index in [1.165, 1.54) is 6.07 Å². The van der Waals surface area contributed by atoms with Gasteiger partial charge in [-0.15, -0.1) is 0 Å². The van der Waals surface area contributed by atoms with Crippen molar-refractivity contribution in [1.82, 2.24) is 15.0 Å². The minimum atomic E-state index is -0.781. The Labute approximate surface area is 200 Å². The van der Waals surface area contributed by atoms with E-state index < -0.39 is 23.5 Å². The van der Waals surface area contributed by atoms with Crippen molar-refractivity contribution in [2.75, 3.05) is 5.32 Å². The highest BCUT2D eigenvalue weighted by Crippen LogP contribution is 2.46. The predicted octanol–water partition coefficient (Wildman–Crippen LogP) is 5.87. The van der Waals surface area contributed by atoms with Crippen LogP contribution in [0.4, 0.5) is 14.6 Å². The van der Waals surface area contributed by atoms with Gasteiger partial charge in [0.15, 0.2) is 5.82 Å². The third kappa shape index (κ3) is 3.83. The second-order valence-electron chi connectivity index (χ2n) is 9.55. The lowest BCUT2D eigenvalue weighted by atomic mass is 9.61. The predicted molar refractivity (Wildman–Crippen MR) is 129 cm³/mol. The van der Waals surface area contributed by atoms with Crippen LogP contribution in [0.3, 0.4) is 0 Å². The van der Waals surface area contributed by atoms with E-state index in [9.17, 15) is 18.7 Å². The van der Waals surface area contributed by atoms with Gasteiger partial charge in [-0.1, -0.05) is 30.3 Å². The van der Waals surface area contributed by atoms with Gasteiger partial charge in [0.25, 0.3) is 0 Å². The van der Waals surface area contributed by atoms with Crippen LogP contribution >= 0.6 is 0 Å². The zero-order valence-corrected chi connectivity index (χ0v) is 18.8. The van der Waals surface area contributed by atoms with E-state index in [0.717, 1.165) is 37.3 Å². The van der Waals surface area contributed by atoms with Gasteiger partial charge in [-0.3, -0.25) is 4.79 Å². The molecule has 4 aromatic rings. The zero-order valence-electron chi connectivity index (χ0n) is 18.8. The summed E-state index contributed by atoms with van der Waals surface area (Å²) in [6.07, 6.45) is 5.45. The summed E-state index contributed by atoms with van der Waals surface area (Å²) in [6, 6.07) is 13.2. The Morgan fingerprint density at radius 1 is 1.00 bits per heavy atom. The van der Waals surface area contributed by atoms with Crippen LogP contribution < -0.4 is 5.32 Å². The first-order chi connectivity index (χ1) is 17.0. The van der Waals surface area contributed by atoms with Gasteiger partial charge >= 0.3 is 5.97 Å². The van der Waals surface area contributed by atoms with E-state index in [0.29, 0.717) is 28.3 Å². The van der Waals surface area contributed by atoms with Crippen LogP contribution in [0.25, 0.3) is 33.5 Å². The fraction of sp³-hybridized carbons (Fsp3) is 0.296. The molecule has 3 aliphatic rings. The Balaban J connectivity index is 1.47. The molecule has 2 bridgehead atoms. The largest absolute Gasteiger partial charge is 0.481 e. The second kappa shape index (κ2) is 8.45. The fourth-order valence-electron chi connectivity index (χ4n) is 5.92. The molecule has 3 N–H and O–H groups in total. The van der Waals surface area contributed by atoms with Crippen molar-refractivity contribution >= 4 is 22.7 Å². The molecule has 178 valence electrons. The molecule has 8 heteroatoms. The van der Waals surface area contributed by atoms with Crippen molar-refractivity contribution in [3.8, 4) is 22.6 Å². The number of hydrogen-bond acceptors (Lipinski definition) is 4. The number of rotatable bonds is 5. The smallest absolute Gasteiger partial charge is 0.308 e. The van der Waals surface area contributed by atoms with Gasteiger partial charge < -0.3 is 15.4 Å². The van der Waals surface area contributed by atoms with Gasteiger partial charge in [0.2, 0.25) is 0 Å². The minimum Gasteiger partial charge on any atom is -0.481 e. The second-order valence-corrected chi connectivity index (χ2v) is 9.55. The third-order valence-electron chi connectivity index (χ3n) is 7.56. The molecule has 2 aromatic carbocycles. The van der Waals surface area contributed by atoms with Crippen LogP contribution in [0.2, 0.25) is 0 Å². The molecule has 6 nitrogen and oxygen atoms in total. The van der Waals surface area contributed by atoms with E-state index in [-0.39, 0.29) is 23.4 Å². The van der Waals surface area contributed by atoms with Crippen molar-refractivity contribution in [2.24, 2.45) is 17.8 Å². The molecule has 35 heavy (non-hydrogen) atoms. The zero-order chi connectivity index (χ0) is 24.1. The summed E-state index contributed by atoms with van der Waals surface area (Å²) in [4.78, 5) is 24.4. The summed E-state index contributed by atoms with van der Waals surface area (Å²) >= 11 is 0. The molecule has 3 saturated carbocycles. The Kier molecular flexibility index (Phi) is 5.24. The van der Waals surface area contributed by atoms with Crippen molar-refractivity contribution in [1.29, 1.82) is 0 Å². The molecular weight excluding hydrogens is 450 g/mol. The Bertz CT molecular complexity index is 1410. The van der Waals surface area contributed by atoms with Crippen LogP contribution in [0.1, 0.15) is 25.7 Å². The maximum atomic E-state index is 14.3. The number of halogens is 2. The number of fused-ring (bicyclic) bond motifs is 4. The van der Waals surface area contributed by atoms with E-state index in [2.05, 4.69) is 10.3 Å². The fourth-order valence-corrected chi connectivity index (χ4v) is 5.92. The van der Waals surface area contributed by atoms with Crippen LogP contribution in [-0.2, 0) is 4.79 Å². The average Bonchev–Trinajstić information content (AvgIpc) is 3.29. The van der Waals surface area contributed by atoms with Crippen LogP contribution in [0.15, 0.2) is 54.7 Å². The number of carboxylic acids is 1. The number of carbonyl (C=O) groups is 1. The Hall–Kier alpha value is -3.81. The van der Waals surface area contributed by atoms with Crippen LogP contribution in [-0.4, -0.2) is 32.1 Å². The SMILES string of the molecule is O=C(O)[C@H]1C2CCC(CC2)[C@@H]1Nc1cc(-c2ccccc2)nc(-c2c[nH]c3c(F)cc(F)cc23)n1. The topological polar surface area (TPSA) is 90.9 Å². The molecule has 0 aliphatic heterocycles. The number of aromatic nitrogens is 3. The number of aliphatic carboxylic acids is 1. The average molecular weight is 475 g/mol. The van der Waals surface area contributed by atoms with Crippen LogP contribution in [0, 0.1) is 29.4 Å². The number of aromatic amines is 1.